The Morgan fingerprint density at radius 1 is 0.410 bits per heavy atom. The van der Waals surface area contributed by atoms with Gasteiger partial charge in [0.2, 0.25) is 0 Å². The van der Waals surface area contributed by atoms with Crippen molar-refractivity contribution in [2.75, 3.05) is 5.73 Å². The monoisotopic (exact) mass is 1340 g/mol. The van der Waals surface area contributed by atoms with Crippen LogP contribution in [-0.4, -0.2) is 51.6 Å². The van der Waals surface area contributed by atoms with Crippen LogP contribution >= 0.6 is 0 Å². The lowest BCUT2D eigenvalue weighted by Crippen LogP contribution is -2.33. The second-order valence-electron chi connectivity index (χ2n) is 27.8. The van der Waals surface area contributed by atoms with Gasteiger partial charge in [0.25, 0.3) is 0 Å². The van der Waals surface area contributed by atoms with E-state index in [1.807, 2.05) is 68.4 Å². The van der Waals surface area contributed by atoms with Crippen LogP contribution in [-0.2, 0) is 63.0 Å². The Morgan fingerprint density at radius 2 is 0.710 bits per heavy atom. The van der Waals surface area contributed by atoms with Crippen LogP contribution in [0, 0.1) is 24.7 Å². The number of aryl methyl sites for hydroxylation is 2. The lowest BCUT2D eigenvalue weighted by molar-refractivity contribution is -0.143. The van der Waals surface area contributed by atoms with Crippen molar-refractivity contribution in [2.24, 2.45) is 10.8 Å². The number of nitrogens with two attached hydrogens (primary N) is 1. The zero-order valence-electron chi connectivity index (χ0n) is 56.5. The fourth-order valence-electron chi connectivity index (χ4n) is 13.0. The number of anilines is 1. The number of benzene rings is 9. The second-order valence-corrected chi connectivity index (χ2v) is 27.8. The fraction of sp³-hybridized carbons (Fsp3) is 0.207. The molecule has 9 aromatic rings. The van der Waals surface area contributed by atoms with Crippen molar-refractivity contribution in [3.63, 3.8) is 0 Å². The molecule has 0 aromatic heterocycles. The number of fused-ring (bicyclic) bond motifs is 18. The molecule has 504 valence electrons. The smallest absolute Gasteiger partial charge is 0.340 e. The molecule has 0 radical (unpaired) electrons. The normalized spacial score (nSPS) is 16.8. The van der Waals surface area contributed by atoms with E-state index in [9.17, 15) is 43.8 Å². The van der Waals surface area contributed by atoms with Gasteiger partial charge >= 0.3 is 29.8 Å². The number of hydrogen-bond donors (Lipinski definition) is 3. The van der Waals surface area contributed by atoms with E-state index >= 15 is 0 Å². The van der Waals surface area contributed by atoms with Gasteiger partial charge in [-0.05, 0) is 188 Å². The van der Waals surface area contributed by atoms with Crippen LogP contribution < -0.4 is 29.4 Å². The van der Waals surface area contributed by atoms with Crippen LogP contribution in [0.3, 0.4) is 0 Å². The quantitative estimate of drug-likeness (QED) is 0.0420. The molecule has 6 heterocycles. The summed E-state index contributed by atoms with van der Waals surface area (Å²) in [4.78, 5) is 88.4. The highest BCUT2D eigenvalue weighted by atomic mass is 16.6. The van der Waals surface area contributed by atoms with E-state index in [-0.39, 0.29) is 47.8 Å². The molecule has 3 spiro atoms. The van der Waals surface area contributed by atoms with E-state index in [0.717, 1.165) is 16.7 Å². The van der Waals surface area contributed by atoms with Gasteiger partial charge in [0.1, 0.15) is 57.5 Å². The molecule has 0 saturated heterocycles. The number of carbonyl (C=O) groups excluding carboxylic acids is 7. The van der Waals surface area contributed by atoms with Crippen molar-refractivity contribution >= 4 is 47.1 Å². The molecule has 18 heteroatoms. The molecule has 100 heavy (non-hydrogen) atoms. The molecule has 2 unspecified atom stereocenters. The van der Waals surface area contributed by atoms with Gasteiger partial charge in [-0.1, -0.05) is 67.8 Å². The van der Waals surface area contributed by atoms with Crippen LogP contribution in [0.5, 0.6) is 57.5 Å². The number of esters is 5. The first-order chi connectivity index (χ1) is 47.3. The Kier molecular flexibility index (Phi) is 16.1. The van der Waals surface area contributed by atoms with Crippen LogP contribution in [0.15, 0.2) is 188 Å². The molecule has 15 rings (SSSR count). The Morgan fingerprint density at radius 3 is 1.06 bits per heavy atom. The van der Waals surface area contributed by atoms with Crippen molar-refractivity contribution in [3.05, 3.63) is 277 Å². The maximum absolute atomic E-state index is 13.3. The van der Waals surface area contributed by atoms with Crippen molar-refractivity contribution in [1.29, 1.82) is 0 Å². The maximum Gasteiger partial charge on any atom is 0.340 e. The number of rotatable bonds is 8. The van der Waals surface area contributed by atoms with Gasteiger partial charge in [-0.25, -0.2) is 14.4 Å². The third kappa shape index (κ3) is 11.3. The molecule has 0 amide bonds. The van der Waals surface area contributed by atoms with Crippen molar-refractivity contribution < 1.29 is 81.7 Å². The average molecular weight is 1340 g/mol. The first-order valence-corrected chi connectivity index (χ1v) is 32.2. The summed E-state index contributed by atoms with van der Waals surface area (Å²) in [5.74, 6) is 0.964. The van der Waals surface area contributed by atoms with E-state index in [2.05, 4.69) is 13.2 Å². The lowest BCUT2D eigenvalue weighted by Gasteiger charge is -2.36. The minimum Gasteiger partial charge on any atom is -0.508 e. The molecule has 0 bridgehead atoms. The van der Waals surface area contributed by atoms with Crippen LogP contribution in [0.1, 0.15) is 159 Å². The number of carbonyl (C=O) groups is 7. The lowest BCUT2D eigenvalue weighted by atomic mass is 9.77. The minimum absolute atomic E-state index is 0.00398. The van der Waals surface area contributed by atoms with E-state index in [4.69, 9.17) is 43.6 Å². The second kappa shape index (κ2) is 24.2. The van der Waals surface area contributed by atoms with E-state index in [1.54, 1.807) is 140 Å². The third-order valence-corrected chi connectivity index (χ3v) is 18.1. The Bertz CT molecular complexity index is 5070. The molecule has 6 aliphatic rings. The molecule has 6 aliphatic heterocycles. The summed E-state index contributed by atoms with van der Waals surface area (Å²) in [7, 11) is 0. The Hall–Kier alpha value is -12.1. The first-order valence-electron chi connectivity index (χ1n) is 32.2. The number of ketones is 2. The minimum atomic E-state index is -1.30. The summed E-state index contributed by atoms with van der Waals surface area (Å²) in [6, 6.07) is 46.8. The number of aromatic hydroxyl groups is 2. The fourth-order valence-corrected chi connectivity index (χ4v) is 13.0. The molecule has 9 aromatic carbocycles. The van der Waals surface area contributed by atoms with E-state index in [0.29, 0.717) is 135 Å². The molecule has 0 fully saturated rings. The van der Waals surface area contributed by atoms with Crippen molar-refractivity contribution in [1.82, 2.24) is 0 Å². The predicted octanol–water partition coefficient (Wildman–Crippen LogP) is 15.7. The molecular weight excluding hydrogens is 1270 g/mol. The van der Waals surface area contributed by atoms with Gasteiger partial charge in [-0.3, -0.25) is 19.2 Å². The molecule has 18 nitrogen and oxygen atoms in total. The highest BCUT2D eigenvalue weighted by molar-refractivity contribution is 6.01. The van der Waals surface area contributed by atoms with Gasteiger partial charge in [0.15, 0.2) is 28.4 Å². The number of nitrogen functional groups attached to an aromatic ring is 1. The van der Waals surface area contributed by atoms with Gasteiger partial charge in [0, 0.05) is 92.9 Å². The standard InChI is InChI=1S/C31H28O6.C26H23NO5.C25H18O6/c1-17(2)25(32)15-19-8-11-22-21(14-19)28(33)37-31(22)23-10-7-18(3)13-26(23)36-27-16-20(9-12-24(27)31)35-29(34)30(4,5)6;1-14-5-8-19-21(11-14)31-22-13-16(30-24(29)25(2,3)4)7-10-20(22)26(19)18-9-6-15(27)12-17(18)23(28)32-26;1-13(2)21(28)10-14-3-6-18-17(9-14)24(29)31-25(18)19-7-4-15(26)11-22(19)30-23-12-16(27)5-8-20(23)25/h7-14,16H,1,15H2,2-6H3;5-13H,27H2,1-4H3;3-9,11-12,26-27H,1,10H2,2H3. The topological polar surface area (TPSA) is 260 Å². The predicted molar refractivity (Wildman–Crippen MR) is 369 cm³/mol. The SMILES string of the molecule is C=C(C)C(=O)Cc1ccc2c(c1)C(=O)OC21c2ccc(C)cc2Oc2cc(OC(=O)C(C)(C)C)ccc21.C=C(C)C(=O)Cc1ccc2c(c1)C(=O)OC21c2ccc(O)cc2Oc2cc(O)ccc21.Cc1ccc2c(c1)Oc1cc(OC(=O)C(C)(C)C)ccc1C21OC(=O)c2cc(N)ccc21. The largest absolute Gasteiger partial charge is 0.508 e. The molecule has 2 atom stereocenters. The molecule has 0 saturated carbocycles. The highest BCUT2D eigenvalue weighted by Gasteiger charge is 2.57. The third-order valence-electron chi connectivity index (χ3n) is 18.1. The first kappa shape index (κ1) is 66.6. The van der Waals surface area contributed by atoms with Crippen molar-refractivity contribution in [3.8, 4) is 57.5 Å². The van der Waals surface area contributed by atoms with Crippen LogP contribution in [0.2, 0.25) is 0 Å². The van der Waals surface area contributed by atoms with Gasteiger partial charge < -0.3 is 53.8 Å². The highest BCUT2D eigenvalue weighted by Crippen LogP contribution is 2.60. The molecule has 4 N–H and O–H groups in total. The number of Topliss-reactive ketones (excluding diaryl/α,β-unsaturated/α-hetero) is 2. The van der Waals surface area contributed by atoms with Gasteiger partial charge in [0.05, 0.1) is 27.5 Å². The van der Waals surface area contributed by atoms with E-state index < -0.39 is 45.5 Å². The van der Waals surface area contributed by atoms with Crippen molar-refractivity contribution in [2.45, 2.75) is 98.9 Å². The Labute approximate surface area is 576 Å². The summed E-state index contributed by atoms with van der Waals surface area (Å²) < 4.78 is 47.9. The molecule has 0 aliphatic carbocycles. The van der Waals surface area contributed by atoms with Crippen LogP contribution in [0.4, 0.5) is 5.69 Å². The maximum atomic E-state index is 13.3. The number of ether oxygens (including phenoxy) is 8. The van der Waals surface area contributed by atoms with Crippen LogP contribution in [0.25, 0.3) is 0 Å². The number of phenolic OH excluding ortho intramolecular Hbond substituents is 2. The van der Waals surface area contributed by atoms with Gasteiger partial charge in [-0.2, -0.15) is 0 Å². The number of phenols is 2. The Balaban J connectivity index is 0.000000135. The van der Waals surface area contributed by atoms with Gasteiger partial charge in [-0.15, -0.1) is 0 Å². The zero-order chi connectivity index (χ0) is 71.4. The summed E-state index contributed by atoms with van der Waals surface area (Å²) in [6.45, 7) is 25.3. The summed E-state index contributed by atoms with van der Waals surface area (Å²) >= 11 is 0. The number of allylic oxidation sites excluding steroid dienone is 2. The summed E-state index contributed by atoms with van der Waals surface area (Å²) in [5, 5.41) is 19.9. The molecular formula is C82H69NO17. The number of hydrogen-bond acceptors (Lipinski definition) is 18. The average Bonchev–Trinajstić information content (AvgIpc) is 1.50. The summed E-state index contributed by atoms with van der Waals surface area (Å²) in [6.07, 6.45) is 0.293. The van der Waals surface area contributed by atoms with E-state index in [1.165, 1.54) is 24.3 Å². The zero-order valence-corrected chi connectivity index (χ0v) is 56.5. The summed E-state index contributed by atoms with van der Waals surface area (Å²) in [5.41, 5.74) is 12.6.